The summed E-state index contributed by atoms with van der Waals surface area (Å²) in [5, 5.41) is -0.127. The summed E-state index contributed by atoms with van der Waals surface area (Å²) in [7, 11) is 0.217. The maximum absolute atomic E-state index is 10.7. The van der Waals surface area contributed by atoms with Gasteiger partial charge in [0.15, 0.2) is 8.46 Å². The molecular formula is C9H17OP. The van der Waals surface area contributed by atoms with Crippen molar-refractivity contribution in [2.75, 3.05) is 0 Å². The van der Waals surface area contributed by atoms with Gasteiger partial charge in [0.25, 0.3) is 0 Å². The number of hydrogen-bond donors (Lipinski definition) is 0. The fourth-order valence-electron chi connectivity index (χ4n) is 1.22. The van der Waals surface area contributed by atoms with Gasteiger partial charge >= 0.3 is 0 Å². The predicted molar refractivity (Wildman–Crippen MR) is 50.3 cm³/mol. The summed E-state index contributed by atoms with van der Waals surface area (Å²) >= 11 is 0. The molecule has 0 aliphatic heterocycles. The Kier molecular flexibility index (Phi) is 3.44. The van der Waals surface area contributed by atoms with E-state index in [-0.39, 0.29) is 19.0 Å². The summed E-state index contributed by atoms with van der Waals surface area (Å²) in [6.07, 6.45) is 2.81. The van der Waals surface area contributed by atoms with Gasteiger partial charge in [0.1, 0.15) is 0 Å². The third-order valence-corrected chi connectivity index (χ3v) is 2.34. The SMILES string of the molecule is C=CC(C)(C)CC(C)(C)P=O. The second kappa shape index (κ2) is 3.49. The molecule has 0 aromatic carbocycles. The molecule has 0 fully saturated rings. The van der Waals surface area contributed by atoms with E-state index in [0.717, 1.165) is 6.42 Å². The van der Waals surface area contributed by atoms with Gasteiger partial charge in [-0.1, -0.05) is 19.9 Å². The Morgan fingerprint density at radius 3 is 2.09 bits per heavy atom. The number of hydrogen-bond acceptors (Lipinski definition) is 1. The van der Waals surface area contributed by atoms with E-state index in [9.17, 15) is 4.57 Å². The lowest BCUT2D eigenvalue weighted by molar-refractivity contribution is 0.382. The largest absolute Gasteiger partial charge is 0.274 e. The Balaban J connectivity index is 4.23. The van der Waals surface area contributed by atoms with Gasteiger partial charge in [-0.05, 0) is 25.7 Å². The van der Waals surface area contributed by atoms with Gasteiger partial charge in [0.2, 0.25) is 0 Å². The van der Waals surface area contributed by atoms with Crippen LogP contribution in [-0.4, -0.2) is 5.16 Å². The van der Waals surface area contributed by atoms with Gasteiger partial charge in [0.05, 0.1) is 0 Å². The highest BCUT2D eigenvalue weighted by atomic mass is 31.1. The van der Waals surface area contributed by atoms with Crippen molar-refractivity contribution < 1.29 is 4.57 Å². The molecule has 0 heterocycles. The van der Waals surface area contributed by atoms with Crippen molar-refractivity contribution in [2.45, 2.75) is 39.3 Å². The molecule has 0 unspecified atom stereocenters. The van der Waals surface area contributed by atoms with E-state index >= 15 is 0 Å². The minimum Gasteiger partial charge on any atom is -0.274 e. The minimum atomic E-state index is -0.127. The highest BCUT2D eigenvalue weighted by Crippen LogP contribution is 2.36. The molecule has 11 heavy (non-hydrogen) atoms. The summed E-state index contributed by atoms with van der Waals surface area (Å²) in [6, 6.07) is 0. The van der Waals surface area contributed by atoms with Crippen LogP contribution in [0.3, 0.4) is 0 Å². The molecular weight excluding hydrogens is 155 g/mol. The van der Waals surface area contributed by atoms with Gasteiger partial charge in [-0.25, -0.2) is 0 Å². The molecule has 0 radical (unpaired) electrons. The average Bonchev–Trinajstić information content (AvgIpc) is 1.86. The summed E-state index contributed by atoms with van der Waals surface area (Å²) in [5.74, 6) is 0. The summed E-state index contributed by atoms with van der Waals surface area (Å²) in [6.45, 7) is 11.9. The van der Waals surface area contributed by atoms with Gasteiger partial charge in [-0.2, -0.15) is 0 Å². The molecule has 1 nitrogen and oxygen atoms in total. The first-order valence-electron chi connectivity index (χ1n) is 3.81. The van der Waals surface area contributed by atoms with Gasteiger partial charge in [-0.3, -0.25) is 4.57 Å². The summed E-state index contributed by atoms with van der Waals surface area (Å²) < 4.78 is 10.7. The van der Waals surface area contributed by atoms with Crippen LogP contribution in [0, 0.1) is 5.41 Å². The number of allylic oxidation sites excluding steroid dienone is 1. The molecule has 64 valence electrons. The Hall–Kier alpha value is -0.160. The van der Waals surface area contributed by atoms with Crippen molar-refractivity contribution in [3.05, 3.63) is 12.7 Å². The Morgan fingerprint density at radius 1 is 1.36 bits per heavy atom. The molecule has 0 atom stereocenters. The zero-order chi connectivity index (χ0) is 9.12. The third-order valence-electron chi connectivity index (χ3n) is 1.69. The second-order valence-corrected chi connectivity index (χ2v) is 5.67. The average molecular weight is 172 g/mol. The third kappa shape index (κ3) is 4.31. The quantitative estimate of drug-likeness (QED) is 0.467. The maximum atomic E-state index is 10.7. The van der Waals surface area contributed by atoms with Gasteiger partial charge in [-0.15, -0.1) is 6.58 Å². The van der Waals surface area contributed by atoms with Crippen LogP contribution in [0.1, 0.15) is 34.1 Å². The molecule has 0 saturated heterocycles. The Morgan fingerprint density at radius 2 is 1.82 bits per heavy atom. The Labute approximate surface area is 71.1 Å². The lowest BCUT2D eigenvalue weighted by Gasteiger charge is -2.27. The van der Waals surface area contributed by atoms with Crippen molar-refractivity contribution in [1.82, 2.24) is 0 Å². The standard InChI is InChI=1S/C9H17OP/c1-6-8(2,3)7-9(4,5)11-10/h6H,1,7H2,2-5H3. The molecule has 0 bridgehead atoms. The van der Waals surface area contributed by atoms with Crippen molar-refractivity contribution in [2.24, 2.45) is 5.41 Å². The molecule has 0 aliphatic rings. The van der Waals surface area contributed by atoms with Crippen molar-refractivity contribution in [1.29, 1.82) is 0 Å². The topological polar surface area (TPSA) is 17.1 Å². The van der Waals surface area contributed by atoms with Crippen LogP contribution in [0.2, 0.25) is 0 Å². The summed E-state index contributed by atoms with van der Waals surface area (Å²) in [4.78, 5) is 0. The fourth-order valence-corrected chi connectivity index (χ4v) is 1.69. The van der Waals surface area contributed by atoms with Crippen molar-refractivity contribution in [3.8, 4) is 0 Å². The van der Waals surface area contributed by atoms with Gasteiger partial charge < -0.3 is 0 Å². The fraction of sp³-hybridized carbons (Fsp3) is 0.778. The molecule has 0 aromatic rings. The predicted octanol–water partition coefficient (Wildman–Crippen LogP) is 3.66. The molecule has 0 aromatic heterocycles. The first-order valence-corrected chi connectivity index (χ1v) is 4.62. The van der Waals surface area contributed by atoms with Crippen LogP contribution < -0.4 is 0 Å². The van der Waals surface area contributed by atoms with Crippen molar-refractivity contribution in [3.63, 3.8) is 0 Å². The zero-order valence-electron chi connectivity index (χ0n) is 7.85. The van der Waals surface area contributed by atoms with Gasteiger partial charge in [0, 0.05) is 5.16 Å². The first kappa shape index (κ1) is 10.8. The normalized spacial score (nSPS) is 13.5. The van der Waals surface area contributed by atoms with E-state index in [1.165, 1.54) is 0 Å². The van der Waals surface area contributed by atoms with Crippen molar-refractivity contribution >= 4 is 8.46 Å². The minimum absolute atomic E-state index is 0.0842. The maximum Gasteiger partial charge on any atom is 0.161 e. The molecule has 0 spiro atoms. The molecule has 0 N–H and O–H groups in total. The van der Waals surface area contributed by atoms with Crippen LogP contribution in [0.25, 0.3) is 0 Å². The monoisotopic (exact) mass is 172 g/mol. The number of rotatable bonds is 4. The van der Waals surface area contributed by atoms with E-state index in [1.54, 1.807) is 0 Å². The smallest absolute Gasteiger partial charge is 0.161 e. The summed E-state index contributed by atoms with van der Waals surface area (Å²) in [5.41, 5.74) is 0.0842. The zero-order valence-corrected chi connectivity index (χ0v) is 8.74. The first-order chi connectivity index (χ1) is 4.83. The van der Waals surface area contributed by atoms with Crippen LogP contribution >= 0.6 is 8.46 Å². The highest BCUT2D eigenvalue weighted by Gasteiger charge is 2.26. The molecule has 0 rings (SSSR count). The van der Waals surface area contributed by atoms with Crippen LogP contribution in [0.15, 0.2) is 12.7 Å². The van der Waals surface area contributed by atoms with E-state index in [0.29, 0.717) is 0 Å². The van der Waals surface area contributed by atoms with E-state index in [4.69, 9.17) is 0 Å². The molecule has 2 heteroatoms. The second-order valence-electron chi connectivity index (χ2n) is 4.27. The van der Waals surface area contributed by atoms with Crippen LogP contribution in [-0.2, 0) is 4.57 Å². The van der Waals surface area contributed by atoms with Crippen LogP contribution in [0.4, 0.5) is 0 Å². The lowest BCUT2D eigenvalue weighted by Crippen LogP contribution is -2.21. The van der Waals surface area contributed by atoms with E-state index < -0.39 is 0 Å². The Bertz CT molecular complexity index is 141. The van der Waals surface area contributed by atoms with E-state index in [2.05, 4.69) is 20.4 Å². The van der Waals surface area contributed by atoms with E-state index in [1.807, 2.05) is 19.9 Å². The lowest BCUT2D eigenvalue weighted by atomic mass is 9.84. The molecule has 0 saturated carbocycles. The molecule has 0 aliphatic carbocycles. The van der Waals surface area contributed by atoms with Crippen LogP contribution in [0.5, 0.6) is 0 Å². The highest BCUT2D eigenvalue weighted by molar-refractivity contribution is 7.25. The molecule has 0 amide bonds.